The van der Waals surface area contributed by atoms with Crippen LogP contribution >= 0.6 is 11.8 Å². The van der Waals surface area contributed by atoms with Crippen molar-refractivity contribution in [2.45, 2.75) is 0 Å². The third-order valence-electron chi connectivity index (χ3n) is 0.519. The molecule has 0 bridgehead atoms. The van der Waals surface area contributed by atoms with Crippen LogP contribution in [-0.4, -0.2) is 15.0 Å². The van der Waals surface area contributed by atoms with E-state index in [4.69, 9.17) is 11.8 Å². The van der Waals surface area contributed by atoms with E-state index in [0.717, 1.165) is 0 Å². The van der Waals surface area contributed by atoms with Gasteiger partial charge in [-0.2, -0.15) is 13.1 Å². The Kier molecular flexibility index (Phi) is 3.79. The van der Waals surface area contributed by atoms with Gasteiger partial charge in [0.05, 0.1) is 0 Å². The first-order valence-corrected chi connectivity index (χ1v) is 3.96. The molecule has 0 atom stereocenters. The van der Waals surface area contributed by atoms with E-state index in [-0.39, 0.29) is 6.54 Å². The standard InChI is InChI=1S/C3H7ClN2O2S/c1-2-3-5-9(7,8)6-4/h2,5-6H,1,3H2. The van der Waals surface area contributed by atoms with Crippen LogP contribution < -0.4 is 8.96 Å². The predicted molar refractivity (Wildman–Crippen MR) is 36.1 cm³/mol. The highest BCUT2D eigenvalue weighted by Crippen LogP contribution is 1.76. The molecule has 9 heavy (non-hydrogen) atoms. The second-order valence-electron chi connectivity index (χ2n) is 1.22. The first kappa shape index (κ1) is 8.90. The number of nitrogens with one attached hydrogen (secondary N) is 2. The minimum absolute atomic E-state index is 0.169. The molecule has 0 aromatic heterocycles. The normalized spacial score (nSPS) is 11.2. The molecule has 0 aliphatic rings. The van der Waals surface area contributed by atoms with Crippen molar-refractivity contribution in [2.24, 2.45) is 0 Å². The first-order chi connectivity index (χ1) is 4.12. The lowest BCUT2D eigenvalue weighted by atomic mass is 10.7. The van der Waals surface area contributed by atoms with E-state index in [0.29, 0.717) is 0 Å². The van der Waals surface area contributed by atoms with Crippen LogP contribution in [0.1, 0.15) is 0 Å². The second kappa shape index (κ2) is 3.84. The Morgan fingerprint density at radius 1 is 1.67 bits per heavy atom. The molecule has 0 amide bonds. The van der Waals surface area contributed by atoms with E-state index in [1.165, 1.54) is 6.08 Å². The van der Waals surface area contributed by atoms with Crippen LogP contribution in [0.3, 0.4) is 0 Å². The molecule has 0 spiro atoms. The minimum Gasteiger partial charge on any atom is -0.198 e. The average molecular weight is 171 g/mol. The molecule has 0 saturated heterocycles. The molecule has 0 rings (SSSR count). The molecule has 0 aliphatic heterocycles. The Hall–Kier alpha value is -0.100. The van der Waals surface area contributed by atoms with E-state index >= 15 is 0 Å². The van der Waals surface area contributed by atoms with Crippen molar-refractivity contribution in [3.63, 3.8) is 0 Å². The topological polar surface area (TPSA) is 58.2 Å². The van der Waals surface area contributed by atoms with E-state index in [1.54, 1.807) is 4.24 Å². The number of hydrogen-bond acceptors (Lipinski definition) is 2. The summed E-state index contributed by atoms with van der Waals surface area (Å²) in [5, 5.41) is 0. The molecule has 4 nitrogen and oxygen atoms in total. The lowest BCUT2D eigenvalue weighted by Gasteiger charge is -1.97. The summed E-state index contributed by atoms with van der Waals surface area (Å²) < 4.78 is 24.3. The second-order valence-corrected chi connectivity index (χ2v) is 3.13. The van der Waals surface area contributed by atoms with Crippen molar-refractivity contribution in [1.29, 1.82) is 0 Å². The van der Waals surface area contributed by atoms with Crippen molar-refractivity contribution < 1.29 is 8.42 Å². The highest BCUT2D eigenvalue weighted by atomic mass is 35.5. The summed E-state index contributed by atoms with van der Waals surface area (Å²) in [4.78, 5) is 0. The van der Waals surface area contributed by atoms with Crippen molar-refractivity contribution in [2.75, 3.05) is 6.54 Å². The molecular formula is C3H7ClN2O2S. The fourth-order valence-corrected chi connectivity index (χ4v) is 0.751. The number of rotatable bonds is 4. The minimum atomic E-state index is -3.49. The average Bonchev–Trinajstić information content (AvgIpc) is 1.84. The van der Waals surface area contributed by atoms with Gasteiger partial charge in [-0.15, -0.1) is 10.8 Å². The highest BCUT2D eigenvalue weighted by molar-refractivity contribution is 7.88. The maximum Gasteiger partial charge on any atom is 0.290 e. The summed E-state index contributed by atoms with van der Waals surface area (Å²) >= 11 is 4.79. The van der Waals surface area contributed by atoms with Gasteiger partial charge >= 0.3 is 0 Å². The van der Waals surface area contributed by atoms with Crippen LogP contribution in [-0.2, 0) is 10.2 Å². The Labute approximate surface area is 59.2 Å². The molecule has 0 radical (unpaired) electrons. The van der Waals surface area contributed by atoms with Crippen molar-refractivity contribution in [3.8, 4) is 0 Å². The van der Waals surface area contributed by atoms with Gasteiger partial charge < -0.3 is 0 Å². The summed E-state index contributed by atoms with van der Waals surface area (Å²) in [7, 11) is -3.49. The highest BCUT2D eigenvalue weighted by Gasteiger charge is 2.02. The molecule has 2 N–H and O–H groups in total. The van der Waals surface area contributed by atoms with Gasteiger partial charge in [0, 0.05) is 6.54 Å². The Morgan fingerprint density at radius 3 is 2.56 bits per heavy atom. The SMILES string of the molecule is C=CCNS(=O)(=O)NCl. The summed E-state index contributed by atoms with van der Waals surface area (Å²) in [6.07, 6.45) is 1.41. The lowest BCUT2D eigenvalue weighted by molar-refractivity contribution is 0.583. The van der Waals surface area contributed by atoms with Crippen LogP contribution in [0, 0.1) is 0 Å². The van der Waals surface area contributed by atoms with Crippen molar-refractivity contribution >= 4 is 22.0 Å². The number of hydrogen-bond donors (Lipinski definition) is 2. The third-order valence-corrected chi connectivity index (χ3v) is 1.88. The maximum atomic E-state index is 10.4. The zero-order valence-electron chi connectivity index (χ0n) is 4.59. The molecule has 0 fully saturated rings. The fraction of sp³-hybridized carbons (Fsp3) is 0.333. The van der Waals surface area contributed by atoms with Gasteiger partial charge in [-0.3, -0.25) is 0 Å². The summed E-state index contributed by atoms with van der Waals surface area (Å²) in [6, 6.07) is 0. The van der Waals surface area contributed by atoms with Gasteiger partial charge in [-0.25, -0.2) is 0 Å². The van der Waals surface area contributed by atoms with Gasteiger partial charge in [-0.05, 0) is 11.8 Å². The Morgan fingerprint density at radius 2 is 2.22 bits per heavy atom. The van der Waals surface area contributed by atoms with Gasteiger partial charge in [0.25, 0.3) is 10.2 Å². The Balaban J connectivity index is 3.74. The van der Waals surface area contributed by atoms with E-state index in [1.807, 2.05) is 0 Å². The van der Waals surface area contributed by atoms with Crippen molar-refractivity contribution in [1.82, 2.24) is 8.96 Å². The predicted octanol–water partition coefficient (Wildman–Crippen LogP) is -0.250. The molecular weight excluding hydrogens is 164 g/mol. The molecule has 0 heterocycles. The van der Waals surface area contributed by atoms with E-state index in [9.17, 15) is 8.42 Å². The van der Waals surface area contributed by atoms with Crippen molar-refractivity contribution in [3.05, 3.63) is 12.7 Å². The fourth-order valence-electron chi connectivity index (χ4n) is 0.196. The van der Waals surface area contributed by atoms with Gasteiger partial charge in [0.15, 0.2) is 0 Å². The Bertz CT molecular complexity index is 176. The molecule has 0 aliphatic carbocycles. The summed E-state index contributed by atoms with van der Waals surface area (Å²) in [5.74, 6) is 0. The molecule has 0 unspecified atom stereocenters. The van der Waals surface area contributed by atoms with Crippen LogP contribution in [0.25, 0.3) is 0 Å². The zero-order valence-corrected chi connectivity index (χ0v) is 6.17. The molecule has 6 heteroatoms. The van der Waals surface area contributed by atoms with Gasteiger partial charge in [-0.1, -0.05) is 6.08 Å². The maximum absolute atomic E-state index is 10.4. The smallest absolute Gasteiger partial charge is 0.198 e. The van der Waals surface area contributed by atoms with E-state index < -0.39 is 10.2 Å². The van der Waals surface area contributed by atoms with Crippen LogP contribution in [0.4, 0.5) is 0 Å². The quantitative estimate of drug-likeness (QED) is 0.452. The largest absolute Gasteiger partial charge is 0.290 e. The summed E-state index contributed by atoms with van der Waals surface area (Å²) in [5.41, 5.74) is 0. The third kappa shape index (κ3) is 4.41. The monoisotopic (exact) mass is 170 g/mol. The molecule has 0 aromatic carbocycles. The van der Waals surface area contributed by atoms with Gasteiger partial charge in [0.1, 0.15) is 0 Å². The van der Waals surface area contributed by atoms with Crippen LogP contribution in [0.2, 0.25) is 0 Å². The first-order valence-electron chi connectivity index (χ1n) is 2.10. The zero-order chi connectivity index (χ0) is 7.33. The lowest BCUT2D eigenvalue weighted by Crippen LogP contribution is -2.31. The molecule has 54 valence electrons. The molecule has 0 saturated carbocycles. The van der Waals surface area contributed by atoms with Crippen LogP contribution in [0.15, 0.2) is 12.7 Å². The van der Waals surface area contributed by atoms with E-state index in [2.05, 4.69) is 11.3 Å². The number of halogens is 1. The summed E-state index contributed by atoms with van der Waals surface area (Å²) in [6.45, 7) is 3.47. The van der Waals surface area contributed by atoms with Crippen LogP contribution in [0.5, 0.6) is 0 Å². The molecule has 0 aromatic rings. The van der Waals surface area contributed by atoms with Gasteiger partial charge in [0.2, 0.25) is 0 Å².